The number of hydrogen-bond acceptors (Lipinski definition) is 4. The van der Waals surface area contributed by atoms with Crippen LogP contribution in [0.5, 0.6) is 5.75 Å². The van der Waals surface area contributed by atoms with E-state index in [4.69, 9.17) is 9.47 Å². The lowest BCUT2D eigenvalue weighted by Gasteiger charge is -2.32. The van der Waals surface area contributed by atoms with Crippen LogP contribution in [0.15, 0.2) is 30.3 Å². The van der Waals surface area contributed by atoms with E-state index in [1.54, 1.807) is 7.11 Å². The number of benzene rings is 1. The van der Waals surface area contributed by atoms with E-state index in [1.807, 2.05) is 35.2 Å². The van der Waals surface area contributed by atoms with Gasteiger partial charge in [-0.25, -0.2) is 9.18 Å². The monoisotopic (exact) mass is 291 g/mol. The highest BCUT2D eigenvalue weighted by Crippen LogP contribution is 2.46. The Morgan fingerprint density at radius 1 is 1.33 bits per heavy atom. The lowest BCUT2D eigenvalue weighted by Crippen LogP contribution is -2.46. The molecule has 0 N–H and O–H groups in total. The third-order valence-corrected chi connectivity index (χ3v) is 4.33. The van der Waals surface area contributed by atoms with Gasteiger partial charge in [0.25, 0.3) is 0 Å². The maximum absolute atomic E-state index is 13.9. The lowest BCUT2D eigenvalue weighted by molar-refractivity contribution is -0.151. The molecule has 2 heterocycles. The van der Waals surface area contributed by atoms with Crippen molar-refractivity contribution in [1.82, 2.24) is 4.90 Å². The number of hydrogen-bond donors (Lipinski definition) is 0. The normalized spacial score (nSPS) is 27.3. The molecule has 0 aliphatic carbocycles. The minimum atomic E-state index is -1.01. The maximum atomic E-state index is 13.9. The minimum Gasteiger partial charge on any atom is -0.497 e. The van der Waals surface area contributed by atoms with Crippen LogP contribution in [0, 0.1) is 0 Å². The van der Waals surface area contributed by atoms with E-state index in [0.29, 0.717) is 6.42 Å². The zero-order valence-electron chi connectivity index (χ0n) is 12.1. The van der Waals surface area contributed by atoms with Crippen molar-refractivity contribution in [2.24, 2.45) is 0 Å². The van der Waals surface area contributed by atoms with E-state index in [0.717, 1.165) is 17.0 Å². The lowest BCUT2D eigenvalue weighted by atomic mass is 9.94. The topological polar surface area (TPSA) is 38.8 Å². The third kappa shape index (κ3) is 2.07. The number of methoxy groups -OCH3 is 2. The van der Waals surface area contributed by atoms with Crippen molar-refractivity contribution >= 4 is 11.7 Å². The molecule has 0 saturated carbocycles. The SMILES string of the molecule is COC(=O)C12CC=C(c3ccc(OC)cc3)N1CC(F)C2. The molecule has 0 amide bonds. The Morgan fingerprint density at radius 3 is 2.67 bits per heavy atom. The Bertz CT molecular complexity index is 584. The van der Waals surface area contributed by atoms with Gasteiger partial charge in [-0.05, 0) is 29.8 Å². The van der Waals surface area contributed by atoms with Crippen LogP contribution in [0.2, 0.25) is 0 Å². The molecule has 2 aliphatic rings. The van der Waals surface area contributed by atoms with Crippen LogP contribution < -0.4 is 4.74 Å². The van der Waals surface area contributed by atoms with Crippen molar-refractivity contribution < 1.29 is 18.7 Å². The van der Waals surface area contributed by atoms with E-state index in [9.17, 15) is 9.18 Å². The molecule has 2 aliphatic heterocycles. The fourth-order valence-electron chi connectivity index (χ4n) is 3.31. The van der Waals surface area contributed by atoms with Crippen LogP contribution in [-0.4, -0.2) is 43.3 Å². The first-order valence-corrected chi connectivity index (χ1v) is 6.95. The quantitative estimate of drug-likeness (QED) is 0.802. The Balaban J connectivity index is 1.93. The van der Waals surface area contributed by atoms with Crippen molar-refractivity contribution in [3.8, 4) is 5.75 Å². The van der Waals surface area contributed by atoms with Gasteiger partial charge in [0.15, 0.2) is 0 Å². The van der Waals surface area contributed by atoms with Crippen LogP contribution in [-0.2, 0) is 9.53 Å². The van der Waals surface area contributed by atoms with Crippen molar-refractivity contribution in [2.45, 2.75) is 24.6 Å². The maximum Gasteiger partial charge on any atom is 0.332 e. The minimum absolute atomic E-state index is 0.190. The van der Waals surface area contributed by atoms with E-state index >= 15 is 0 Å². The summed E-state index contributed by atoms with van der Waals surface area (Å²) in [6.45, 7) is 0.229. The van der Waals surface area contributed by atoms with Gasteiger partial charge in [0, 0.05) is 18.5 Å². The van der Waals surface area contributed by atoms with Crippen LogP contribution in [0.4, 0.5) is 4.39 Å². The number of carbonyl (C=O) groups excluding carboxylic acids is 1. The molecular weight excluding hydrogens is 273 g/mol. The molecule has 1 aromatic carbocycles. The molecule has 112 valence electrons. The van der Waals surface area contributed by atoms with Gasteiger partial charge < -0.3 is 14.4 Å². The summed E-state index contributed by atoms with van der Waals surface area (Å²) in [6.07, 6.45) is 1.66. The van der Waals surface area contributed by atoms with Crippen molar-refractivity contribution in [3.63, 3.8) is 0 Å². The molecule has 1 aromatic rings. The fourth-order valence-corrected chi connectivity index (χ4v) is 3.31. The average molecular weight is 291 g/mol. The number of carbonyl (C=O) groups is 1. The largest absolute Gasteiger partial charge is 0.497 e. The zero-order chi connectivity index (χ0) is 15.0. The summed E-state index contributed by atoms with van der Waals surface area (Å²) in [4.78, 5) is 14.0. The number of fused-ring (bicyclic) bond motifs is 1. The predicted molar refractivity (Wildman–Crippen MR) is 76.6 cm³/mol. The van der Waals surface area contributed by atoms with Gasteiger partial charge in [-0.3, -0.25) is 0 Å². The first-order valence-electron chi connectivity index (χ1n) is 6.95. The summed E-state index contributed by atoms with van der Waals surface area (Å²) >= 11 is 0. The Hall–Kier alpha value is -2.04. The molecule has 2 atom stereocenters. The van der Waals surface area contributed by atoms with Gasteiger partial charge in [-0.15, -0.1) is 0 Å². The highest BCUT2D eigenvalue weighted by Gasteiger charge is 2.55. The van der Waals surface area contributed by atoms with Gasteiger partial charge in [-0.1, -0.05) is 6.08 Å². The molecule has 0 spiro atoms. The second-order valence-corrected chi connectivity index (χ2v) is 5.46. The second kappa shape index (κ2) is 5.06. The molecule has 21 heavy (non-hydrogen) atoms. The van der Waals surface area contributed by atoms with E-state index in [1.165, 1.54) is 7.11 Å². The summed E-state index contributed by atoms with van der Waals surface area (Å²) in [5.41, 5.74) is 0.975. The first kappa shape index (κ1) is 13.9. The Kier molecular flexibility index (Phi) is 3.35. The summed E-state index contributed by atoms with van der Waals surface area (Å²) in [5, 5.41) is 0. The number of rotatable bonds is 3. The molecule has 1 fully saturated rings. The van der Waals surface area contributed by atoms with Gasteiger partial charge in [0.05, 0.1) is 20.8 Å². The standard InChI is InChI=1S/C16H18FNO3/c1-20-13-5-3-11(4-6-13)14-7-8-16(15(19)21-2)9-12(17)10-18(14)16/h3-7,12H,8-10H2,1-2H3. The number of esters is 1. The molecule has 0 aromatic heterocycles. The molecule has 0 radical (unpaired) electrons. The predicted octanol–water partition coefficient (Wildman–Crippen LogP) is 2.40. The summed E-state index contributed by atoms with van der Waals surface area (Å²) < 4.78 is 23.9. The smallest absolute Gasteiger partial charge is 0.332 e. The van der Waals surface area contributed by atoms with E-state index < -0.39 is 11.7 Å². The van der Waals surface area contributed by atoms with E-state index in [-0.39, 0.29) is 18.9 Å². The van der Waals surface area contributed by atoms with Crippen LogP contribution in [0.1, 0.15) is 18.4 Å². The molecule has 5 heteroatoms. The van der Waals surface area contributed by atoms with Crippen molar-refractivity contribution in [1.29, 1.82) is 0 Å². The Morgan fingerprint density at radius 2 is 2.05 bits per heavy atom. The van der Waals surface area contributed by atoms with Crippen LogP contribution >= 0.6 is 0 Å². The number of alkyl halides is 1. The van der Waals surface area contributed by atoms with E-state index in [2.05, 4.69) is 0 Å². The zero-order valence-corrected chi connectivity index (χ0v) is 12.1. The molecule has 1 saturated heterocycles. The summed E-state index contributed by atoms with van der Waals surface area (Å²) in [5.74, 6) is 0.406. The van der Waals surface area contributed by atoms with Crippen molar-refractivity contribution in [3.05, 3.63) is 35.9 Å². The summed E-state index contributed by atoms with van der Waals surface area (Å²) in [6, 6.07) is 7.56. The highest BCUT2D eigenvalue weighted by molar-refractivity contribution is 5.87. The molecule has 3 rings (SSSR count). The average Bonchev–Trinajstić information content (AvgIpc) is 3.01. The molecule has 2 unspecified atom stereocenters. The number of halogens is 1. The Labute approximate surface area is 123 Å². The van der Waals surface area contributed by atoms with Crippen molar-refractivity contribution in [2.75, 3.05) is 20.8 Å². The van der Waals surface area contributed by atoms with Gasteiger partial charge >= 0.3 is 5.97 Å². The van der Waals surface area contributed by atoms with Crippen LogP contribution in [0.25, 0.3) is 5.70 Å². The second-order valence-electron chi connectivity index (χ2n) is 5.46. The molecular formula is C16H18FNO3. The van der Waals surface area contributed by atoms with Gasteiger partial charge in [0.1, 0.15) is 17.5 Å². The number of nitrogens with zero attached hydrogens (tertiary/aromatic N) is 1. The number of ether oxygens (including phenoxy) is 2. The van der Waals surface area contributed by atoms with Gasteiger partial charge in [0.2, 0.25) is 0 Å². The highest BCUT2D eigenvalue weighted by atomic mass is 19.1. The molecule has 4 nitrogen and oxygen atoms in total. The van der Waals surface area contributed by atoms with Gasteiger partial charge in [-0.2, -0.15) is 0 Å². The fraction of sp³-hybridized carbons (Fsp3) is 0.438. The third-order valence-electron chi connectivity index (χ3n) is 4.33. The van der Waals surface area contributed by atoms with Crippen LogP contribution in [0.3, 0.4) is 0 Å². The molecule has 0 bridgehead atoms. The summed E-state index contributed by atoms with van der Waals surface area (Å²) in [7, 11) is 2.96. The first-order chi connectivity index (χ1) is 10.1.